The third kappa shape index (κ3) is 6.28. The van der Waals surface area contributed by atoms with E-state index in [0.29, 0.717) is 12.5 Å². The lowest BCUT2D eigenvalue weighted by atomic mass is 9.93. The highest BCUT2D eigenvalue weighted by Gasteiger charge is 2.28. The van der Waals surface area contributed by atoms with E-state index in [-0.39, 0.29) is 11.6 Å². The van der Waals surface area contributed by atoms with Crippen molar-refractivity contribution in [1.29, 1.82) is 0 Å². The molecule has 1 atom stereocenters. The summed E-state index contributed by atoms with van der Waals surface area (Å²) in [6, 6.07) is 0. The van der Waals surface area contributed by atoms with Gasteiger partial charge in [0.25, 0.3) is 0 Å². The predicted molar refractivity (Wildman–Crippen MR) is 78.3 cm³/mol. The molecule has 1 N–H and O–H groups in total. The summed E-state index contributed by atoms with van der Waals surface area (Å²) in [6.07, 6.45) is 2.08. The van der Waals surface area contributed by atoms with Crippen molar-refractivity contribution < 1.29 is 9.53 Å². The maximum atomic E-state index is 11.6. The van der Waals surface area contributed by atoms with Crippen LogP contribution in [0.1, 0.15) is 54.4 Å². The van der Waals surface area contributed by atoms with Gasteiger partial charge in [0.2, 0.25) is 0 Å². The fraction of sp³-hybridized carbons (Fsp3) is 0.933. The van der Waals surface area contributed by atoms with Crippen LogP contribution in [0, 0.1) is 5.92 Å². The quantitative estimate of drug-likeness (QED) is 0.838. The average molecular weight is 270 g/mol. The summed E-state index contributed by atoms with van der Waals surface area (Å²) in [6.45, 7) is 15.3. The second-order valence-corrected chi connectivity index (χ2v) is 7.51. The predicted octanol–water partition coefficient (Wildman–Crippen LogP) is 3.02. The van der Waals surface area contributed by atoms with Crippen LogP contribution in [0.4, 0.5) is 4.79 Å². The Balaban J connectivity index is 2.35. The van der Waals surface area contributed by atoms with Gasteiger partial charge in [-0.2, -0.15) is 0 Å². The number of nitrogens with zero attached hydrogens (tertiary/aromatic N) is 1. The monoisotopic (exact) mass is 270 g/mol. The molecule has 1 aliphatic rings. The maximum Gasteiger partial charge on any atom is 0.407 e. The summed E-state index contributed by atoms with van der Waals surface area (Å²) in [7, 11) is 0. The number of carbonyl (C=O) groups excluding carboxylic acids is 1. The van der Waals surface area contributed by atoms with E-state index in [1.807, 2.05) is 20.8 Å². The molecule has 1 amide bonds. The second kappa shape index (κ2) is 6.12. The zero-order valence-corrected chi connectivity index (χ0v) is 13.4. The molecule has 1 aliphatic heterocycles. The number of rotatable bonds is 2. The summed E-state index contributed by atoms with van der Waals surface area (Å²) >= 11 is 0. The van der Waals surface area contributed by atoms with Crippen LogP contribution in [0.15, 0.2) is 0 Å². The Morgan fingerprint density at radius 1 is 1.26 bits per heavy atom. The molecule has 1 saturated heterocycles. The number of nitrogens with one attached hydrogen (secondary N) is 1. The van der Waals surface area contributed by atoms with Gasteiger partial charge in [0.15, 0.2) is 0 Å². The highest BCUT2D eigenvalue weighted by Crippen LogP contribution is 2.23. The first-order valence-corrected chi connectivity index (χ1v) is 7.30. The van der Waals surface area contributed by atoms with Gasteiger partial charge in [0.05, 0.1) is 0 Å². The number of piperidine rings is 1. The Morgan fingerprint density at radius 2 is 1.89 bits per heavy atom. The van der Waals surface area contributed by atoms with E-state index in [2.05, 4.69) is 31.0 Å². The third-order valence-electron chi connectivity index (χ3n) is 3.40. The first-order chi connectivity index (χ1) is 8.58. The molecular weight excluding hydrogens is 240 g/mol. The zero-order valence-electron chi connectivity index (χ0n) is 13.4. The first kappa shape index (κ1) is 16.3. The van der Waals surface area contributed by atoms with E-state index in [1.54, 1.807) is 0 Å². The van der Waals surface area contributed by atoms with Gasteiger partial charge in [-0.1, -0.05) is 0 Å². The van der Waals surface area contributed by atoms with Crippen LogP contribution in [0.25, 0.3) is 0 Å². The molecule has 0 bridgehead atoms. The summed E-state index contributed by atoms with van der Waals surface area (Å²) in [5.74, 6) is 0.528. The Hall–Kier alpha value is -0.770. The van der Waals surface area contributed by atoms with Crippen molar-refractivity contribution in [3.63, 3.8) is 0 Å². The van der Waals surface area contributed by atoms with E-state index < -0.39 is 5.60 Å². The molecule has 0 saturated carbocycles. The first-order valence-electron chi connectivity index (χ1n) is 7.30. The van der Waals surface area contributed by atoms with Crippen molar-refractivity contribution in [2.24, 2.45) is 5.92 Å². The lowest BCUT2D eigenvalue weighted by Crippen LogP contribution is -2.49. The molecule has 0 spiro atoms. The van der Waals surface area contributed by atoms with Gasteiger partial charge in [-0.25, -0.2) is 4.79 Å². The van der Waals surface area contributed by atoms with Crippen LogP contribution in [0.2, 0.25) is 0 Å². The molecular formula is C15H30N2O2. The molecule has 4 nitrogen and oxygen atoms in total. The van der Waals surface area contributed by atoms with E-state index in [9.17, 15) is 4.79 Å². The number of ether oxygens (including phenoxy) is 1. The van der Waals surface area contributed by atoms with Crippen molar-refractivity contribution in [2.75, 3.05) is 19.6 Å². The van der Waals surface area contributed by atoms with Crippen molar-refractivity contribution in [3.05, 3.63) is 0 Å². The SMILES string of the molecule is CC(C)(C)OC(=O)NC[C@@H]1CCCN(C(C)(C)C)C1. The number of hydrogen-bond donors (Lipinski definition) is 1. The maximum absolute atomic E-state index is 11.6. The summed E-state index contributed by atoms with van der Waals surface area (Å²) in [5, 5.41) is 2.89. The Bertz CT molecular complexity index is 302. The minimum atomic E-state index is -0.423. The van der Waals surface area contributed by atoms with Gasteiger partial charge in [-0.05, 0) is 66.8 Å². The van der Waals surface area contributed by atoms with Crippen LogP contribution in [0.3, 0.4) is 0 Å². The minimum Gasteiger partial charge on any atom is -0.444 e. The molecule has 4 heteroatoms. The fourth-order valence-electron chi connectivity index (χ4n) is 2.38. The molecule has 19 heavy (non-hydrogen) atoms. The van der Waals surface area contributed by atoms with Gasteiger partial charge in [-0.3, -0.25) is 4.90 Å². The molecule has 0 unspecified atom stereocenters. The average Bonchev–Trinajstić information content (AvgIpc) is 2.23. The van der Waals surface area contributed by atoms with Gasteiger partial charge < -0.3 is 10.1 Å². The van der Waals surface area contributed by atoms with E-state index in [0.717, 1.165) is 13.1 Å². The van der Waals surface area contributed by atoms with Gasteiger partial charge in [0, 0.05) is 18.6 Å². The van der Waals surface area contributed by atoms with E-state index in [4.69, 9.17) is 4.74 Å². The number of likely N-dealkylation sites (tertiary alicyclic amines) is 1. The normalized spacial score (nSPS) is 22.1. The summed E-state index contributed by atoms with van der Waals surface area (Å²) in [4.78, 5) is 14.1. The number of amides is 1. The van der Waals surface area contributed by atoms with Crippen molar-refractivity contribution in [2.45, 2.75) is 65.5 Å². The largest absolute Gasteiger partial charge is 0.444 e. The van der Waals surface area contributed by atoms with Crippen molar-refractivity contribution in [1.82, 2.24) is 10.2 Å². The topological polar surface area (TPSA) is 41.6 Å². The van der Waals surface area contributed by atoms with Gasteiger partial charge in [0.1, 0.15) is 5.60 Å². The number of carbonyl (C=O) groups is 1. The third-order valence-corrected chi connectivity index (χ3v) is 3.40. The molecule has 1 heterocycles. The molecule has 0 aromatic rings. The van der Waals surface area contributed by atoms with Crippen molar-refractivity contribution >= 4 is 6.09 Å². The lowest BCUT2D eigenvalue weighted by Gasteiger charge is -2.41. The molecule has 0 radical (unpaired) electrons. The molecule has 112 valence electrons. The second-order valence-electron chi connectivity index (χ2n) is 7.51. The van der Waals surface area contributed by atoms with Crippen LogP contribution >= 0.6 is 0 Å². The smallest absolute Gasteiger partial charge is 0.407 e. The number of hydrogen-bond acceptors (Lipinski definition) is 3. The Morgan fingerprint density at radius 3 is 2.42 bits per heavy atom. The Labute approximate surface area is 117 Å². The van der Waals surface area contributed by atoms with Crippen LogP contribution in [0.5, 0.6) is 0 Å². The zero-order chi connectivity index (χ0) is 14.7. The Kier molecular flexibility index (Phi) is 5.25. The molecule has 1 rings (SSSR count). The standard InChI is InChI=1S/C15H30N2O2/c1-14(2,3)17-9-7-8-12(11-17)10-16-13(18)19-15(4,5)6/h12H,7-11H2,1-6H3,(H,16,18)/t12-/m0/s1. The van der Waals surface area contributed by atoms with E-state index in [1.165, 1.54) is 12.8 Å². The highest BCUT2D eigenvalue weighted by atomic mass is 16.6. The van der Waals surface area contributed by atoms with Crippen LogP contribution in [-0.4, -0.2) is 41.8 Å². The van der Waals surface area contributed by atoms with Crippen molar-refractivity contribution in [3.8, 4) is 0 Å². The van der Waals surface area contributed by atoms with Gasteiger partial charge in [-0.15, -0.1) is 0 Å². The fourth-order valence-corrected chi connectivity index (χ4v) is 2.38. The highest BCUT2D eigenvalue weighted by molar-refractivity contribution is 5.67. The van der Waals surface area contributed by atoms with Crippen LogP contribution in [-0.2, 0) is 4.74 Å². The lowest BCUT2D eigenvalue weighted by molar-refractivity contribution is 0.0477. The van der Waals surface area contributed by atoms with E-state index >= 15 is 0 Å². The molecule has 0 aromatic heterocycles. The molecule has 1 fully saturated rings. The summed E-state index contributed by atoms with van der Waals surface area (Å²) < 4.78 is 5.26. The number of alkyl carbamates (subject to hydrolysis) is 1. The minimum absolute atomic E-state index is 0.213. The molecule has 0 aromatic carbocycles. The summed E-state index contributed by atoms with van der Waals surface area (Å²) in [5.41, 5.74) is -0.210. The molecule has 0 aliphatic carbocycles. The van der Waals surface area contributed by atoms with Gasteiger partial charge >= 0.3 is 6.09 Å². The van der Waals surface area contributed by atoms with Crippen LogP contribution < -0.4 is 5.32 Å².